The van der Waals surface area contributed by atoms with Gasteiger partial charge in [0.05, 0.1) is 0 Å². The number of hydrogen-bond acceptors (Lipinski definition) is 3. The van der Waals surface area contributed by atoms with Crippen molar-refractivity contribution in [2.45, 2.75) is 58.9 Å². The van der Waals surface area contributed by atoms with Crippen LogP contribution in [0.25, 0.3) is 0 Å². The van der Waals surface area contributed by atoms with E-state index in [-0.39, 0.29) is 17.8 Å². The van der Waals surface area contributed by atoms with Gasteiger partial charge in [-0.15, -0.1) is 0 Å². The second-order valence-corrected chi connectivity index (χ2v) is 7.02. The summed E-state index contributed by atoms with van der Waals surface area (Å²) in [5, 5.41) is 15.2. The number of nitrogens with zero attached hydrogens (tertiary/aromatic N) is 1. The first-order chi connectivity index (χ1) is 9.39. The van der Waals surface area contributed by atoms with Crippen molar-refractivity contribution in [2.24, 2.45) is 34.1 Å². The van der Waals surface area contributed by atoms with E-state index in [9.17, 15) is 4.79 Å². The summed E-state index contributed by atoms with van der Waals surface area (Å²) in [6.45, 7) is 6.60. The molecular formula is C15H27N3O2. The summed E-state index contributed by atoms with van der Waals surface area (Å²) in [6, 6.07) is 0.230. The Morgan fingerprint density at radius 1 is 1.25 bits per heavy atom. The zero-order valence-corrected chi connectivity index (χ0v) is 12.7. The van der Waals surface area contributed by atoms with Crippen molar-refractivity contribution < 1.29 is 10.0 Å². The summed E-state index contributed by atoms with van der Waals surface area (Å²) in [7, 11) is 0. The molecule has 1 amide bonds. The number of nitrogens with two attached hydrogens (primary N) is 1. The Morgan fingerprint density at radius 3 is 2.40 bits per heavy atom. The molecule has 0 aromatic rings. The maximum absolute atomic E-state index is 12.6. The molecule has 5 heteroatoms. The van der Waals surface area contributed by atoms with Gasteiger partial charge in [0.25, 0.3) is 0 Å². The Morgan fingerprint density at radius 2 is 1.90 bits per heavy atom. The van der Waals surface area contributed by atoms with Crippen LogP contribution in [0.1, 0.15) is 52.9 Å². The zero-order valence-electron chi connectivity index (χ0n) is 12.7. The van der Waals surface area contributed by atoms with Crippen LogP contribution in [0.5, 0.6) is 0 Å². The van der Waals surface area contributed by atoms with Crippen LogP contribution in [0.4, 0.5) is 0 Å². The van der Waals surface area contributed by atoms with Gasteiger partial charge in [-0.3, -0.25) is 4.79 Å². The fourth-order valence-corrected chi connectivity index (χ4v) is 3.74. The van der Waals surface area contributed by atoms with E-state index in [1.807, 2.05) is 0 Å². The van der Waals surface area contributed by atoms with Crippen molar-refractivity contribution in [2.75, 3.05) is 0 Å². The highest BCUT2D eigenvalue weighted by Gasteiger charge is 2.52. The Hall–Kier alpha value is -1.26. The summed E-state index contributed by atoms with van der Waals surface area (Å²) in [5.74, 6) is 1.81. The van der Waals surface area contributed by atoms with Crippen LogP contribution in [-0.4, -0.2) is 23.0 Å². The van der Waals surface area contributed by atoms with Crippen LogP contribution < -0.4 is 11.1 Å². The molecule has 0 aliphatic heterocycles. The average Bonchev–Trinajstić information content (AvgIpc) is 2.38. The molecule has 2 rings (SSSR count). The molecule has 0 radical (unpaired) electrons. The first-order valence-electron chi connectivity index (χ1n) is 7.68. The number of hydrogen-bond donors (Lipinski definition) is 3. The number of amides is 1. The van der Waals surface area contributed by atoms with Gasteiger partial charge >= 0.3 is 0 Å². The summed E-state index contributed by atoms with van der Waals surface area (Å²) >= 11 is 0. The lowest BCUT2D eigenvalue weighted by Gasteiger charge is -2.45. The van der Waals surface area contributed by atoms with E-state index < -0.39 is 5.41 Å². The van der Waals surface area contributed by atoms with Gasteiger partial charge in [-0.1, -0.05) is 25.9 Å². The van der Waals surface area contributed by atoms with Crippen LogP contribution >= 0.6 is 0 Å². The molecule has 0 aromatic heterocycles. The molecule has 20 heavy (non-hydrogen) atoms. The van der Waals surface area contributed by atoms with Crippen molar-refractivity contribution in [3.63, 3.8) is 0 Å². The van der Waals surface area contributed by atoms with E-state index in [1.54, 1.807) is 0 Å². The highest BCUT2D eigenvalue weighted by molar-refractivity contribution is 6.07. The SMILES string of the molecule is CC1CC(C(=O)NC2CCC(C)C(C)C2)(C(N)=NO)C1. The third-order valence-corrected chi connectivity index (χ3v) is 5.36. The van der Waals surface area contributed by atoms with Crippen LogP contribution in [-0.2, 0) is 4.79 Å². The van der Waals surface area contributed by atoms with Crippen molar-refractivity contribution in [1.29, 1.82) is 0 Å². The van der Waals surface area contributed by atoms with Crippen molar-refractivity contribution in [1.82, 2.24) is 5.32 Å². The molecule has 3 unspecified atom stereocenters. The van der Waals surface area contributed by atoms with E-state index in [0.29, 0.717) is 24.7 Å². The minimum atomic E-state index is -0.777. The Kier molecular flexibility index (Phi) is 4.25. The first kappa shape index (κ1) is 15.1. The topological polar surface area (TPSA) is 87.7 Å². The van der Waals surface area contributed by atoms with Crippen LogP contribution in [0.3, 0.4) is 0 Å². The predicted molar refractivity (Wildman–Crippen MR) is 78.3 cm³/mol. The molecule has 2 aliphatic carbocycles. The minimum Gasteiger partial charge on any atom is -0.409 e. The molecule has 2 saturated carbocycles. The zero-order chi connectivity index (χ0) is 14.9. The van der Waals surface area contributed by atoms with Gasteiger partial charge in [-0.25, -0.2) is 0 Å². The van der Waals surface area contributed by atoms with Crippen LogP contribution in [0, 0.1) is 23.2 Å². The molecule has 114 valence electrons. The largest absolute Gasteiger partial charge is 0.409 e. The molecule has 4 N–H and O–H groups in total. The summed E-state index contributed by atoms with van der Waals surface area (Å²) in [4.78, 5) is 12.6. The summed E-state index contributed by atoms with van der Waals surface area (Å²) < 4.78 is 0. The molecule has 0 aromatic carbocycles. The normalized spacial score (nSPS) is 41.9. The Labute approximate surface area is 121 Å². The van der Waals surface area contributed by atoms with Gasteiger partial charge in [-0.2, -0.15) is 0 Å². The van der Waals surface area contributed by atoms with E-state index in [0.717, 1.165) is 25.2 Å². The Balaban J connectivity index is 2.00. The number of nitrogens with one attached hydrogen (secondary N) is 1. The van der Waals surface area contributed by atoms with E-state index in [4.69, 9.17) is 10.9 Å². The van der Waals surface area contributed by atoms with Gasteiger partial charge in [0.2, 0.25) is 5.91 Å². The molecule has 3 atom stereocenters. The molecule has 2 aliphatic rings. The number of amidine groups is 1. The van der Waals surface area contributed by atoms with Gasteiger partial charge in [0.1, 0.15) is 5.41 Å². The van der Waals surface area contributed by atoms with E-state index >= 15 is 0 Å². The molecule has 0 heterocycles. The molecule has 2 fully saturated rings. The van der Waals surface area contributed by atoms with Gasteiger partial charge < -0.3 is 16.3 Å². The van der Waals surface area contributed by atoms with Crippen LogP contribution in [0.2, 0.25) is 0 Å². The number of oxime groups is 1. The fourth-order valence-electron chi connectivity index (χ4n) is 3.74. The minimum absolute atomic E-state index is 0.0577. The number of carbonyl (C=O) groups excluding carboxylic acids is 1. The maximum atomic E-state index is 12.6. The molecule has 0 spiro atoms. The molecule has 5 nitrogen and oxygen atoms in total. The lowest BCUT2D eigenvalue weighted by Crippen LogP contribution is -2.58. The van der Waals surface area contributed by atoms with Crippen LogP contribution in [0.15, 0.2) is 5.16 Å². The average molecular weight is 281 g/mol. The summed E-state index contributed by atoms with van der Waals surface area (Å²) in [6.07, 6.45) is 4.55. The van der Waals surface area contributed by atoms with E-state index in [1.165, 1.54) is 0 Å². The van der Waals surface area contributed by atoms with Crippen molar-refractivity contribution in [3.05, 3.63) is 0 Å². The highest BCUT2D eigenvalue weighted by atomic mass is 16.4. The van der Waals surface area contributed by atoms with Gasteiger partial charge in [-0.05, 0) is 49.9 Å². The van der Waals surface area contributed by atoms with Gasteiger partial charge in [0, 0.05) is 6.04 Å². The third-order valence-electron chi connectivity index (χ3n) is 5.36. The molecule has 0 saturated heterocycles. The maximum Gasteiger partial charge on any atom is 0.234 e. The summed E-state index contributed by atoms with van der Waals surface area (Å²) in [5.41, 5.74) is 4.99. The smallest absolute Gasteiger partial charge is 0.234 e. The van der Waals surface area contributed by atoms with Crippen molar-refractivity contribution in [3.8, 4) is 0 Å². The number of carbonyl (C=O) groups is 1. The second-order valence-electron chi connectivity index (χ2n) is 7.02. The Bertz CT molecular complexity index is 402. The third kappa shape index (κ3) is 2.63. The van der Waals surface area contributed by atoms with Gasteiger partial charge in [0.15, 0.2) is 5.84 Å². The van der Waals surface area contributed by atoms with Crippen molar-refractivity contribution >= 4 is 11.7 Å². The number of rotatable bonds is 3. The molecular weight excluding hydrogens is 254 g/mol. The lowest BCUT2D eigenvalue weighted by atomic mass is 9.61. The molecule has 0 bridgehead atoms. The highest BCUT2D eigenvalue weighted by Crippen LogP contribution is 2.46. The quantitative estimate of drug-likeness (QED) is 0.320. The second kappa shape index (κ2) is 5.62. The first-order valence-corrected chi connectivity index (χ1v) is 7.68. The lowest BCUT2D eigenvalue weighted by molar-refractivity contribution is -0.134. The fraction of sp³-hybridized carbons (Fsp3) is 0.867. The van der Waals surface area contributed by atoms with E-state index in [2.05, 4.69) is 31.2 Å². The predicted octanol–water partition coefficient (Wildman–Crippen LogP) is 2.09. The monoisotopic (exact) mass is 281 g/mol. The standard InChI is InChI=1S/C15H27N3O2/c1-9-7-15(8-9,13(16)18-20)14(19)17-12-5-4-10(2)11(3)6-12/h9-12,20H,4-8H2,1-3H3,(H2,16,18)(H,17,19).